The van der Waals surface area contributed by atoms with E-state index in [1.807, 2.05) is 31.2 Å². The Bertz CT molecular complexity index is 701. The van der Waals surface area contributed by atoms with Gasteiger partial charge in [0.1, 0.15) is 0 Å². The van der Waals surface area contributed by atoms with Crippen LogP contribution in [0.25, 0.3) is 0 Å². The fraction of sp³-hybridized carbons (Fsp3) is 0.133. The molecular formula is C15H13ClN2O3. The number of halogens is 1. The molecule has 108 valence electrons. The van der Waals surface area contributed by atoms with E-state index in [1.54, 1.807) is 0 Å². The van der Waals surface area contributed by atoms with E-state index in [4.69, 9.17) is 11.6 Å². The molecule has 5 nitrogen and oxygen atoms in total. The summed E-state index contributed by atoms with van der Waals surface area (Å²) in [4.78, 5) is 22.3. The number of nitro groups is 1. The minimum absolute atomic E-state index is 0.0967. The highest BCUT2D eigenvalue weighted by Gasteiger charge is 2.15. The second-order valence-electron chi connectivity index (χ2n) is 4.53. The van der Waals surface area contributed by atoms with Crippen molar-refractivity contribution in [3.8, 4) is 0 Å². The molecule has 0 atom stereocenters. The van der Waals surface area contributed by atoms with Gasteiger partial charge in [0, 0.05) is 18.7 Å². The molecular weight excluding hydrogens is 292 g/mol. The van der Waals surface area contributed by atoms with Crippen molar-refractivity contribution in [2.75, 3.05) is 0 Å². The lowest BCUT2D eigenvalue weighted by molar-refractivity contribution is -0.384. The summed E-state index contributed by atoms with van der Waals surface area (Å²) < 4.78 is 0. The van der Waals surface area contributed by atoms with Crippen molar-refractivity contribution < 1.29 is 9.72 Å². The SMILES string of the molecule is Cc1ccccc1CNC(=O)c1cc([N+](=O)[O-])ccc1Cl. The summed E-state index contributed by atoms with van der Waals surface area (Å²) in [5.41, 5.74) is 1.97. The number of nitrogens with zero attached hydrogens (tertiary/aromatic N) is 1. The Morgan fingerprint density at radius 1 is 1.29 bits per heavy atom. The summed E-state index contributed by atoms with van der Waals surface area (Å²) >= 11 is 5.93. The zero-order valence-corrected chi connectivity index (χ0v) is 12.1. The molecule has 21 heavy (non-hydrogen) atoms. The Balaban J connectivity index is 2.15. The van der Waals surface area contributed by atoms with Crippen LogP contribution >= 0.6 is 11.6 Å². The number of nitrogens with one attached hydrogen (secondary N) is 1. The Labute approximate surface area is 126 Å². The standard InChI is InChI=1S/C15H13ClN2O3/c1-10-4-2-3-5-11(10)9-17-15(19)13-8-12(18(20)21)6-7-14(13)16/h2-8H,9H2,1H3,(H,17,19). The van der Waals surface area contributed by atoms with E-state index in [1.165, 1.54) is 18.2 Å². The number of aryl methyl sites for hydroxylation is 1. The van der Waals surface area contributed by atoms with E-state index in [0.29, 0.717) is 6.54 Å². The van der Waals surface area contributed by atoms with Gasteiger partial charge in [-0.25, -0.2) is 0 Å². The highest BCUT2D eigenvalue weighted by Crippen LogP contribution is 2.22. The topological polar surface area (TPSA) is 72.2 Å². The molecule has 0 bridgehead atoms. The van der Waals surface area contributed by atoms with Crippen molar-refractivity contribution in [3.05, 3.63) is 74.3 Å². The van der Waals surface area contributed by atoms with Gasteiger partial charge >= 0.3 is 0 Å². The summed E-state index contributed by atoms with van der Waals surface area (Å²) in [6, 6.07) is 11.4. The minimum Gasteiger partial charge on any atom is -0.348 e. The molecule has 0 heterocycles. The fourth-order valence-corrected chi connectivity index (χ4v) is 2.08. The van der Waals surface area contributed by atoms with Gasteiger partial charge in [-0.1, -0.05) is 35.9 Å². The Hall–Kier alpha value is -2.40. The van der Waals surface area contributed by atoms with Crippen molar-refractivity contribution >= 4 is 23.2 Å². The van der Waals surface area contributed by atoms with Crippen LogP contribution in [0.2, 0.25) is 5.02 Å². The van der Waals surface area contributed by atoms with Crippen molar-refractivity contribution in [1.29, 1.82) is 0 Å². The molecule has 1 N–H and O–H groups in total. The van der Waals surface area contributed by atoms with Gasteiger partial charge < -0.3 is 5.32 Å². The second-order valence-corrected chi connectivity index (χ2v) is 4.94. The maximum Gasteiger partial charge on any atom is 0.270 e. The average Bonchev–Trinajstić information content (AvgIpc) is 2.46. The molecule has 2 rings (SSSR count). The number of carbonyl (C=O) groups is 1. The molecule has 0 aromatic heterocycles. The number of rotatable bonds is 4. The largest absolute Gasteiger partial charge is 0.348 e. The number of non-ortho nitro benzene ring substituents is 1. The smallest absolute Gasteiger partial charge is 0.270 e. The predicted molar refractivity (Wildman–Crippen MR) is 80.5 cm³/mol. The van der Waals surface area contributed by atoms with Gasteiger partial charge in [-0.15, -0.1) is 0 Å². The summed E-state index contributed by atoms with van der Waals surface area (Å²) in [6.07, 6.45) is 0. The molecule has 0 spiro atoms. The van der Waals surface area contributed by atoms with Gasteiger partial charge in [-0.2, -0.15) is 0 Å². The Morgan fingerprint density at radius 2 is 2.00 bits per heavy atom. The predicted octanol–water partition coefficient (Wildman–Crippen LogP) is 3.49. The second kappa shape index (κ2) is 6.37. The zero-order chi connectivity index (χ0) is 15.4. The van der Waals surface area contributed by atoms with Crippen LogP contribution in [0.1, 0.15) is 21.5 Å². The van der Waals surface area contributed by atoms with Crippen LogP contribution in [0.3, 0.4) is 0 Å². The van der Waals surface area contributed by atoms with Crippen LogP contribution < -0.4 is 5.32 Å². The zero-order valence-electron chi connectivity index (χ0n) is 11.3. The van der Waals surface area contributed by atoms with Crippen molar-refractivity contribution in [1.82, 2.24) is 5.32 Å². The number of hydrogen-bond donors (Lipinski definition) is 1. The molecule has 0 unspecified atom stereocenters. The van der Waals surface area contributed by atoms with Gasteiger partial charge in [0.15, 0.2) is 0 Å². The molecule has 0 aliphatic carbocycles. The molecule has 0 fully saturated rings. The molecule has 6 heteroatoms. The molecule has 0 aliphatic rings. The fourth-order valence-electron chi connectivity index (χ4n) is 1.88. The van der Waals surface area contributed by atoms with Crippen molar-refractivity contribution in [2.24, 2.45) is 0 Å². The van der Waals surface area contributed by atoms with E-state index in [0.717, 1.165) is 11.1 Å². The first-order valence-corrected chi connectivity index (χ1v) is 6.63. The first-order valence-electron chi connectivity index (χ1n) is 6.25. The van der Waals surface area contributed by atoms with Crippen molar-refractivity contribution in [2.45, 2.75) is 13.5 Å². The normalized spacial score (nSPS) is 10.2. The molecule has 0 radical (unpaired) electrons. The maximum absolute atomic E-state index is 12.1. The third-order valence-corrected chi connectivity index (χ3v) is 3.44. The van der Waals surface area contributed by atoms with Gasteiger partial charge in [0.05, 0.1) is 15.5 Å². The third-order valence-electron chi connectivity index (χ3n) is 3.11. The first kappa shape index (κ1) is 15.0. The lowest BCUT2D eigenvalue weighted by Gasteiger charge is -2.08. The number of amides is 1. The molecule has 1 amide bonds. The molecule has 0 saturated carbocycles. The number of benzene rings is 2. The van der Waals surface area contributed by atoms with Crippen LogP contribution in [0.4, 0.5) is 5.69 Å². The van der Waals surface area contributed by atoms with E-state index >= 15 is 0 Å². The first-order chi connectivity index (χ1) is 9.99. The van der Waals surface area contributed by atoms with E-state index in [2.05, 4.69) is 5.32 Å². The minimum atomic E-state index is -0.561. The summed E-state index contributed by atoms with van der Waals surface area (Å²) in [5, 5.41) is 13.6. The van der Waals surface area contributed by atoms with Gasteiger partial charge in [0.2, 0.25) is 0 Å². The molecule has 2 aromatic carbocycles. The van der Waals surface area contributed by atoms with Crippen LogP contribution in [0.15, 0.2) is 42.5 Å². The Morgan fingerprint density at radius 3 is 2.67 bits per heavy atom. The van der Waals surface area contributed by atoms with Gasteiger partial charge in [-0.3, -0.25) is 14.9 Å². The maximum atomic E-state index is 12.1. The number of carbonyl (C=O) groups excluding carboxylic acids is 1. The summed E-state index contributed by atoms with van der Waals surface area (Å²) in [6.45, 7) is 2.28. The average molecular weight is 305 g/mol. The lowest BCUT2D eigenvalue weighted by Crippen LogP contribution is -2.23. The summed E-state index contributed by atoms with van der Waals surface area (Å²) in [5.74, 6) is -0.438. The monoisotopic (exact) mass is 304 g/mol. The van der Waals surface area contributed by atoms with E-state index in [9.17, 15) is 14.9 Å². The summed E-state index contributed by atoms with van der Waals surface area (Å²) in [7, 11) is 0. The van der Waals surface area contributed by atoms with Crippen molar-refractivity contribution in [3.63, 3.8) is 0 Å². The van der Waals surface area contributed by atoms with E-state index < -0.39 is 10.8 Å². The quantitative estimate of drug-likeness (QED) is 0.694. The van der Waals surface area contributed by atoms with E-state index in [-0.39, 0.29) is 16.3 Å². The van der Waals surface area contributed by atoms with Crippen LogP contribution in [-0.4, -0.2) is 10.8 Å². The Kier molecular flexibility index (Phi) is 4.55. The van der Waals surface area contributed by atoms with Gasteiger partial charge in [-0.05, 0) is 24.1 Å². The number of hydrogen-bond acceptors (Lipinski definition) is 3. The van der Waals surface area contributed by atoms with Crippen LogP contribution in [0.5, 0.6) is 0 Å². The van der Waals surface area contributed by atoms with Crippen LogP contribution in [-0.2, 0) is 6.54 Å². The third kappa shape index (κ3) is 3.58. The molecule has 0 aliphatic heterocycles. The van der Waals surface area contributed by atoms with Crippen LogP contribution in [0, 0.1) is 17.0 Å². The lowest BCUT2D eigenvalue weighted by atomic mass is 10.1. The van der Waals surface area contributed by atoms with Gasteiger partial charge in [0.25, 0.3) is 11.6 Å². The molecule has 0 saturated heterocycles. The highest BCUT2D eigenvalue weighted by atomic mass is 35.5. The molecule has 2 aromatic rings. The number of nitro benzene ring substituents is 1. The highest BCUT2D eigenvalue weighted by molar-refractivity contribution is 6.33.